The van der Waals surface area contributed by atoms with Crippen LogP contribution in [0.25, 0.3) is 0 Å². The minimum absolute atomic E-state index is 0.317. The lowest BCUT2D eigenvalue weighted by Crippen LogP contribution is -2.59. The molecule has 168 valence electrons. The minimum atomic E-state index is 0.317. The molecule has 29 heavy (non-hydrogen) atoms. The van der Waals surface area contributed by atoms with E-state index in [0.717, 1.165) is 13.0 Å². The summed E-state index contributed by atoms with van der Waals surface area (Å²) in [7, 11) is 0. The fourth-order valence-electron chi connectivity index (χ4n) is 6.25. The maximum absolute atomic E-state index is 9.71. The second-order valence-electron chi connectivity index (χ2n) is 10.8. The molecule has 0 radical (unpaired) electrons. The van der Waals surface area contributed by atoms with Crippen LogP contribution in [0.1, 0.15) is 79.6 Å². The van der Waals surface area contributed by atoms with Gasteiger partial charge in [-0.3, -0.25) is 4.90 Å². The summed E-state index contributed by atoms with van der Waals surface area (Å²) in [6.07, 6.45) is 8.74. The molecule has 2 fully saturated rings. The zero-order chi connectivity index (χ0) is 21.0. The maximum atomic E-state index is 9.71. The molecule has 0 spiro atoms. The molecule has 0 aromatic heterocycles. The fourth-order valence-corrected chi connectivity index (χ4v) is 6.25. The Morgan fingerprint density at radius 2 is 1.83 bits per heavy atom. The van der Waals surface area contributed by atoms with Crippen molar-refractivity contribution >= 4 is 0 Å². The van der Waals surface area contributed by atoms with Gasteiger partial charge in [-0.1, -0.05) is 25.0 Å². The molecule has 0 amide bonds. The summed E-state index contributed by atoms with van der Waals surface area (Å²) < 4.78 is 0. The van der Waals surface area contributed by atoms with Gasteiger partial charge in [0.05, 0.1) is 0 Å². The van der Waals surface area contributed by atoms with Crippen molar-refractivity contribution in [1.29, 1.82) is 0 Å². The molecule has 0 saturated carbocycles. The van der Waals surface area contributed by atoms with Gasteiger partial charge in [0.1, 0.15) is 0 Å². The molecule has 0 aromatic carbocycles. The van der Waals surface area contributed by atoms with Crippen LogP contribution in [-0.2, 0) is 0 Å². The molecule has 3 rings (SSSR count). The topological polar surface area (TPSA) is 30.0 Å². The van der Waals surface area contributed by atoms with Crippen LogP contribution >= 0.6 is 0 Å². The molecule has 0 bridgehead atoms. The monoisotopic (exact) mass is 405 g/mol. The van der Waals surface area contributed by atoms with E-state index in [9.17, 15) is 5.11 Å². The number of aliphatic hydroxyl groups is 1. The Morgan fingerprint density at radius 3 is 2.45 bits per heavy atom. The summed E-state index contributed by atoms with van der Waals surface area (Å²) in [5, 5.41) is 9.71. The first-order valence-electron chi connectivity index (χ1n) is 12.3. The molecule has 4 nitrogen and oxygen atoms in total. The molecule has 0 unspecified atom stereocenters. The third-order valence-corrected chi connectivity index (χ3v) is 8.14. The zero-order valence-corrected chi connectivity index (χ0v) is 19.9. The lowest BCUT2D eigenvalue weighted by atomic mass is 9.71. The first kappa shape index (κ1) is 23.2. The average molecular weight is 406 g/mol. The molecule has 2 aliphatic heterocycles. The number of piperazine rings is 1. The zero-order valence-electron chi connectivity index (χ0n) is 19.9. The second-order valence-corrected chi connectivity index (χ2v) is 10.8. The molecule has 1 atom stereocenters. The highest BCUT2D eigenvalue weighted by molar-refractivity contribution is 5.22. The highest BCUT2D eigenvalue weighted by Crippen LogP contribution is 2.41. The van der Waals surface area contributed by atoms with Crippen LogP contribution in [0.5, 0.6) is 0 Å². The van der Waals surface area contributed by atoms with Crippen LogP contribution in [-0.4, -0.2) is 83.8 Å². The highest BCUT2D eigenvalue weighted by atomic mass is 16.3. The van der Waals surface area contributed by atoms with E-state index in [4.69, 9.17) is 0 Å². The van der Waals surface area contributed by atoms with E-state index in [1.54, 1.807) is 11.1 Å². The molecule has 1 aliphatic carbocycles. The number of hydrogen-bond donors (Lipinski definition) is 1. The summed E-state index contributed by atoms with van der Waals surface area (Å²) in [5.74, 6) is 0. The van der Waals surface area contributed by atoms with E-state index in [2.05, 4.69) is 49.3 Å². The Bertz CT molecular complexity index is 548. The predicted octanol–water partition coefficient (Wildman–Crippen LogP) is 4.14. The molecule has 1 N–H and O–H groups in total. The van der Waals surface area contributed by atoms with Crippen molar-refractivity contribution in [3.63, 3.8) is 0 Å². The Hall–Kier alpha value is -0.420. The van der Waals surface area contributed by atoms with Gasteiger partial charge in [0, 0.05) is 50.9 Å². The summed E-state index contributed by atoms with van der Waals surface area (Å²) in [6.45, 7) is 19.4. The predicted molar refractivity (Wildman–Crippen MR) is 123 cm³/mol. The fraction of sp³-hybridized carbons (Fsp3) is 0.920. The van der Waals surface area contributed by atoms with Crippen molar-refractivity contribution in [2.75, 3.05) is 45.9 Å². The van der Waals surface area contributed by atoms with Gasteiger partial charge in [-0.05, 0) is 84.2 Å². The van der Waals surface area contributed by atoms with Crippen LogP contribution in [0.4, 0.5) is 0 Å². The molecule has 0 aromatic rings. The van der Waals surface area contributed by atoms with Crippen molar-refractivity contribution in [3.05, 3.63) is 11.1 Å². The van der Waals surface area contributed by atoms with Crippen LogP contribution in [0.2, 0.25) is 0 Å². The van der Waals surface area contributed by atoms with E-state index in [0.29, 0.717) is 30.1 Å². The lowest BCUT2D eigenvalue weighted by Gasteiger charge is -2.48. The van der Waals surface area contributed by atoms with Crippen molar-refractivity contribution in [1.82, 2.24) is 14.7 Å². The maximum Gasteiger partial charge on any atom is 0.0446 e. The van der Waals surface area contributed by atoms with E-state index >= 15 is 0 Å². The van der Waals surface area contributed by atoms with Crippen molar-refractivity contribution < 1.29 is 5.11 Å². The van der Waals surface area contributed by atoms with Gasteiger partial charge in [-0.2, -0.15) is 0 Å². The first-order chi connectivity index (χ1) is 13.8. The summed E-state index contributed by atoms with van der Waals surface area (Å²) in [4.78, 5) is 8.07. The van der Waals surface area contributed by atoms with E-state index in [-0.39, 0.29) is 0 Å². The van der Waals surface area contributed by atoms with Crippen molar-refractivity contribution in [2.45, 2.75) is 97.7 Å². The number of allylic oxidation sites excluding steroid dienone is 1. The Morgan fingerprint density at radius 1 is 1.10 bits per heavy atom. The molecule has 3 aliphatic rings. The van der Waals surface area contributed by atoms with Gasteiger partial charge >= 0.3 is 0 Å². The van der Waals surface area contributed by atoms with Gasteiger partial charge < -0.3 is 14.9 Å². The standard InChI is InChI=1S/C25H47N3O/c1-20(2)27-14-8-22(9-15-27)28-17-16-26(19-23(28)11-18-29)13-10-24-21(3)7-6-12-25(24,4)5/h20,22-23,29H,6-19H2,1-5H3/t23-/m0/s1. The van der Waals surface area contributed by atoms with Gasteiger partial charge in [0.25, 0.3) is 0 Å². The molecule has 4 heteroatoms. The summed E-state index contributed by atoms with van der Waals surface area (Å²) in [6, 6.07) is 1.91. The van der Waals surface area contributed by atoms with Crippen LogP contribution in [0.3, 0.4) is 0 Å². The number of aliphatic hydroxyl groups excluding tert-OH is 1. The number of piperidine rings is 1. The molecular weight excluding hydrogens is 358 g/mol. The number of nitrogens with zero attached hydrogens (tertiary/aromatic N) is 3. The van der Waals surface area contributed by atoms with E-state index < -0.39 is 0 Å². The van der Waals surface area contributed by atoms with Crippen LogP contribution < -0.4 is 0 Å². The van der Waals surface area contributed by atoms with E-state index in [1.807, 2.05) is 0 Å². The third-order valence-electron chi connectivity index (χ3n) is 8.14. The Labute approximate surface area is 180 Å². The SMILES string of the molecule is CC1=C(CCN2CCN(C3CCN(C(C)C)CC3)[C@@H](CCO)C2)C(C)(C)CCC1. The molecular formula is C25H47N3O. The minimum Gasteiger partial charge on any atom is -0.396 e. The average Bonchev–Trinajstić information content (AvgIpc) is 2.68. The summed E-state index contributed by atoms with van der Waals surface area (Å²) >= 11 is 0. The van der Waals surface area contributed by atoms with Crippen molar-refractivity contribution in [3.8, 4) is 0 Å². The summed E-state index contributed by atoms with van der Waals surface area (Å²) in [5.41, 5.74) is 3.77. The first-order valence-corrected chi connectivity index (χ1v) is 12.3. The Balaban J connectivity index is 1.55. The third kappa shape index (κ3) is 5.84. The normalized spacial score (nSPS) is 28.4. The van der Waals surface area contributed by atoms with Gasteiger partial charge in [0.15, 0.2) is 0 Å². The van der Waals surface area contributed by atoms with Gasteiger partial charge in [0.2, 0.25) is 0 Å². The lowest BCUT2D eigenvalue weighted by molar-refractivity contribution is 0.00229. The second kappa shape index (κ2) is 10.3. The quantitative estimate of drug-likeness (QED) is 0.645. The number of hydrogen-bond acceptors (Lipinski definition) is 4. The van der Waals surface area contributed by atoms with Crippen molar-refractivity contribution in [2.24, 2.45) is 5.41 Å². The van der Waals surface area contributed by atoms with E-state index in [1.165, 1.54) is 71.2 Å². The van der Waals surface area contributed by atoms with Crippen LogP contribution in [0, 0.1) is 5.41 Å². The van der Waals surface area contributed by atoms with Crippen LogP contribution in [0.15, 0.2) is 11.1 Å². The largest absolute Gasteiger partial charge is 0.396 e. The highest BCUT2D eigenvalue weighted by Gasteiger charge is 2.34. The Kier molecular flexibility index (Phi) is 8.22. The smallest absolute Gasteiger partial charge is 0.0446 e. The molecule has 2 saturated heterocycles. The van der Waals surface area contributed by atoms with Gasteiger partial charge in [-0.15, -0.1) is 0 Å². The number of likely N-dealkylation sites (tertiary alicyclic amines) is 1. The number of rotatable bonds is 7. The molecule has 2 heterocycles. The van der Waals surface area contributed by atoms with Gasteiger partial charge in [-0.25, -0.2) is 0 Å².